The van der Waals surface area contributed by atoms with E-state index in [1.54, 1.807) is 0 Å². The molecule has 0 aromatic heterocycles. The van der Waals surface area contributed by atoms with E-state index in [2.05, 4.69) is 28.7 Å². The van der Waals surface area contributed by atoms with Crippen molar-refractivity contribution < 1.29 is 0 Å². The smallest absolute Gasteiger partial charge is 0.0951 e. The van der Waals surface area contributed by atoms with Gasteiger partial charge in [-0.1, -0.05) is 30.3 Å². The second-order valence-electron chi connectivity index (χ2n) is 3.06. The highest BCUT2D eigenvalue weighted by Crippen LogP contribution is 2.27. The lowest BCUT2D eigenvalue weighted by atomic mass is 10.0. The van der Waals surface area contributed by atoms with Gasteiger partial charge in [0.2, 0.25) is 0 Å². The molecule has 0 atom stereocenters. The van der Waals surface area contributed by atoms with E-state index >= 15 is 0 Å². The third-order valence-electron chi connectivity index (χ3n) is 2.30. The maximum atomic E-state index is 4.02. The topological polar surface area (TPSA) is 26.5 Å². The zero-order valence-corrected chi connectivity index (χ0v) is 6.94. The van der Waals surface area contributed by atoms with Crippen LogP contribution in [0.3, 0.4) is 0 Å². The summed E-state index contributed by atoms with van der Waals surface area (Å²) in [5.74, 6) is 0. The number of fused-ring (bicyclic) bond motifs is 3. The standard InChI is InChI=1S/C11H7N2/c1-2-4-9-8(3-1)5-6-11-10(9)7-12-13-11/h1-7H. The number of benzene rings is 2. The first-order chi connectivity index (χ1) is 6.45. The molecule has 2 heteroatoms. The summed E-state index contributed by atoms with van der Waals surface area (Å²) in [6, 6.07) is 12.4. The second kappa shape index (κ2) is 2.33. The summed E-state index contributed by atoms with van der Waals surface area (Å²) in [7, 11) is 0. The van der Waals surface area contributed by atoms with Crippen LogP contribution in [0.25, 0.3) is 10.8 Å². The molecular weight excluding hydrogens is 160 g/mol. The number of hydrogen-bond donors (Lipinski definition) is 0. The molecule has 13 heavy (non-hydrogen) atoms. The largest absolute Gasteiger partial charge is 0.158 e. The van der Waals surface area contributed by atoms with E-state index in [0.29, 0.717) is 0 Å². The average molecular weight is 167 g/mol. The minimum absolute atomic E-state index is 0.971. The molecule has 0 bridgehead atoms. The molecule has 61 valence electrons. The minimum atomic E-state index is 0.971. The van der Waals surface area contributed by atoms with Gasteiger partial charge < -0.3 is 0 Å². The first-order valence-electron chi connectivity index (χ1n) is 4.21. The Hall–Kier alpha value is -1.83. The van der Waals surface area contributed by atoms with Crippen LogP contribution in [0, 0.1) is 0 Å². The summed E-state index contributed by atoms with van der Waals surface area (Å²) < 4.78 is 0. The zero-order valence-electron chi connectivity index (χ0n) is 6.94. The lowest BCUT2D eigenvalue weighted by Crippen LogP contribution is -1.83. The van der Waals surface area contributed by atoms with Crippen molar-refractivity contribution in [1.82, 2.24) is 5.43 Å². The van der Waals surface area contributed by atoms with E-state index in [1.807, 2.05) is 24.4 Å². The molecule has 0 aliphatic carbocycles. The van der Waals surface area contributed by atoms with Gasteiger partial charge in [0.1, 0.15) is 0 Å². The van der Waals surface area contributed by atoms with Crippen molar-refractivity contribution in [3.63, 3.8) is 0 Å². The summed E-state index contributed by atoms with van der Waals surface area (Å²) >= 11 is 0. The molecule has 1 radical (unpaired) electrons. The summed E-state index contributed by atoms with van der Waals surface area (Å²) in [5, 5.41) is 6.37. The Morgan fingerprint density at radius 2 is 1.85 bits per heavy atom. The van der Waals surface area contributed by atoms with E-state index in [4.69, 9.17) is 0 Å². The van der Waals surface area contributed by atoms with Crippen LogP contribution >= 0.6 is 0 Å². The first kappa shape index (κ1) is 6.66. The van der Waals surface area contributed by atoms with Crippen LogP contribution in [0.4, 0.5) is 5.69 Å². The first-order valence-corrected chi connectivity index (χ1v) is 4.21. The Labute approximate surface area is 75.9 Å². The summed E-state index contributed by atoms with van der Waals surface area (Å²) in [6.07, 6.45) is 1.82. The molecule has 3 rings (SSSR count). The van der Waals surface area contributed by atoms with Gasteiger partial charge in [0.05, 0.1) is 11.9 Å². The fourth-order valence-corrected chi connectivity index (χ4v) is 1.66. The molecule has 0 saturated heterocycles. The molecular formula is C11H7N2. The Morgan fingerprint density at radius 1 is 0.923 bits per heavy atom. The lowest BCUT2D eigenvalue weighted by Gasteiger charge is -2.00. The molecule has 0 fully saturated rings. The van der Waals surface area contributed by atoms with Gasteiger partial charge in [-0.2, -0.15) is 10.5 Å². The lowest BCUT2D eigenvalue weighted by molar-refractivity contribution is 0.992. The van der Waals surface area contributed by atoms with Gasteiger partial charge in [-0.05, 0) is 16.8 Å². The van der Waals surface area contributed by atoms with Crippen LogP contribution in [0.15, 0.2) is 41.5 Å². The predicted molar refractivity (Wildman–Crippen MR) is 53.3 cm³/mol. The van der Waals surface area contributed by atoms with Crippen molar-refractivity contribution in [3.05, 3.63) is 42.0 Å². The van der Waals surface area contributed by atoms with Crippen molar-refractivity contribution in [1.29, 1.82) is 0 Å². The highest BCUT2D eigenvalue weighted by molar-refractivity contribution is 6.05. The van der Waals surface area contributed by atoms with Crippen LogP contribution in [0.5, 0.6) is 0 Å². The van der Waals surface area contributed by atoms with Gasteiger partial charge in [0, 0.05) is 5.56 Å². The number of nitrogens with zero attached hydrogens (tertiary/aromatic N) is 2. The fourth-order valence-electron chi connectivity index (χ4n) is 1.66. The van der Waals surface area contributed by atoms with E-state index in [-0.39, 0.29) is 0 Å². The maximum Gasteiger partial charge on any atom is 0.0951 e. The molecule has 1 aliphatic rings. The molecule has 0 amide bonds. The molecule has 2 aromatic carbocycles. The maximum absolute atomic E-state index is 4.02. The van der Waals surface area contributed by atoms with Crippen molar-refractivity contribution >= 4 is 22.7 Å². The van der Waals surface area contributed by atoms with E-state index in [1.165, 1.54) is 10.8 Å². The van der Waals surface area contributed by atoms with Crippen LogP contribution in [-0.4, -0.2) is 6.21 Å². The Balaban J connectivity index is 2.49. The molecule has 0 unspecified atom stereocenters. The zero-order chi connectivity index (χ0) is 8.67. The van der Waals surface area contributed by atoms with Crippen LogP contribution in [0.2, 0.25) is 0 Å². The Morgan fingerprint density at radius 3 is 2.85 bits per heavy atom. The second-order valence-corrected chi connectivity index (χ2v) is 3.06. The minimum Gasteiger partial charge on any atom is -0.158 e. The molecule has 2 nitrogen and oxygen atoms in total. The monoisotopic (exact) mass is 167 g/mol. The molecule has 1 aliphatic heterocycles. The normalized spacial score (nSPS) is 12.9. The Bertz CT molecular complexity index is 500. The summed E-state index contributed by atoms with van der Waals surface area (Å²) in [4.78, 5) is 0. The molecule has 2 aromatic rings. The SMILES string of the molecule is C1=N[N]c2ccc3ccccc3c21. The fraction of sp³-hybridized carbons (Fsp3) is 0. The van der Waals surface area contributed by atoms with Crippen molar-refractivity contribution in [2.45, 2.75) is 0 Å². The van der Waals surface area contributed by atoms with Gasteiger partial charge in [-0.15, -0.1) is 0 Å². The van der Waals surface area contributed by atoms with E-state index in [0.717, 1.165) is 11.3 Å². The van der Waals surface area contributed by atoms with Crippen molar-refractivity contribution in [2.24, 2.45) is 5.10 Å². The molecule has 1 heterocycles. The predicted octanol–water partition coefficient (Wildman–Crippen LogP) is 2.42. The van der Waals surface area contributed by atoms with Gasteiger partial charge in [-0.3, -0.25) is 0 Å². The quantitative estimate of drug-likeness (QED) is 0.576. The third kappa shape index (κ3) is 0.855. The molecule has 0 saturated carbocycles. The summed E-state index contributed by atoms with van der Waals surface area (Å²) in [5.41, 5.74) is 6.13. The summed E-state index contributed by atoms with van der Waals surface area (Å²) in [6.45, 7) is 0. The van der Waals surface area contributed by atoms with Gasteiger partial charge in [-0.25, -0.2) is 0 Å². The molecule has 0 spiro atoms. The third-order valence-corrected chi connectivity index (χ3v) is 2.30. The van der Waals surface area contributed by atoms with Crippen LogP contribution in [0.1, 0.15) is 5.56 Å². The molecule has 0 N–H and O–H groups in total. The highest BCUT2D eigenvalue weighted by Gasteiger charge is 2.10. The average Bonchev–Trinajstić information content (AvgIpc) is 2.65. The van der Waals surface area contributed by atoms with Crippen LogP contribution in [-0.2, 0) is 0 Å². The van der Waals surface area contributed by atoms with Crippen LogP contribution < -0.4 is 5.43 Å². The van der Waals surface area contributed by atoms with E-state index < -0.39 is 0 Å². The van der Waals surface area contributed by atoms with Gasteiger partial charge in [0.25, 0.3) is 0 Å². The van der Waals surface area contributed by atoms with Crippen molar-refractivity contribution in [2.75, 3.05) is 0 Å². The highest BCUT2D eigenvalue weighted by atomic mass is 15.3. The Kier molecular flexibility index (Phi) is 1.19. The van der Waals surface area contributed by atoms with Gasteiger partial charge >= 0.3 is 0 Å². The van der Waals surface area contributed by atoms with E-state index in [9.17, 15) is 0 Å². The number of rotatable bonds is 0. The van der Waals surface area contributed by atoms with Crippen molar-refractivity contribution in [3.8, 4) is 0 Å². The van der Waals surface area contributed by atoms with Gasteiger partial charge in [0.15, 0.2) is 0 Å². The number of hydrogen-bond acceptors (Lipinski definition) is 1.